The van der Waals surface area contributed by atoms with Gasteiger partial charge in [0.2, 0.25) is 5.91 Å². The molecule has 0 radical (unpaired) electrons. The predicted octanol–water partition coefficient (Wildman–Crippen LogP) is 2.46. The quantitative estimate of drug-likeness (QED) is 0.888. The van der Waals surface area contributed by atoms with E-state index in [0.717, 1.165) is 11.3 Å². The van der Waals surface area contributed by atoms with Crippen molar-refractivity contribution in [3.05, 3.63) is 34.5 Å². The largest absolute Gasteiger partial charge is 0.477 e. The second-order valence-electron chi connectivity index (χ2n) is 3.79. The molecule has 3 N–H and O–H groups in total. The second-order valence-corrected chi connectivity index (χ2v) is 5.82. The lowest BCUT2D eigenvalue weighted by Crippen LogP contribution is -2.13. The molecule has 0 spiro atoms. The Labute approximate surface area is 116 Å². The summed E-state index contributed by atoms with van der Waals surface area (Å²) in [6, 6.07) is 4.51. The molecule has 2 rings (SSSR count). The van der Waals surface area contributed by atoms with Crippen LogP contribution in [0.2, 0.25) is 0 Å². The third-order valence-corrected chi connectivity index (χ3v) is 4.61. The average Bonchev–Trinajstić information content (AvgIpc) is 2.69. The molecule has 0 atom stereocenters. The van der Waals surface area contributed by atoms with Gasteiger partial charge in [-0.2, -0.15) is 0 Å². The molecule has 0 bridgehead atoms. The molecule has 0 aliphatic carbocycles. The first-order valence-electron chi connectivity index (χ1n) is 5.30. The third kappa shape index (κ3) is 2.87. The van der Waals surface area contributed by atoms with E-state index in [4.69, 9.17) is 10.8 Å². The van der Waals surface area contributed by atoms with Gasteiger partial charge in [-0.1, -0.05) is 6.07 Å². The number of thioether (sulfide) groups is 1. The second kappa shape index (κ2) is 5.58. The molecule has 0 aliphatic heterocycles. The molecule has 0 unspecified atom stereocenters. The SMILES string of the molecule is NC(=O)CSCc1c(C(=O)O)sc2cccc(F)c12. The normalized spacial score (nSPS) is 10.8. The Hall–Kier alpha value is -1.60. The van der Waals surface area contributed by atoms with Gasteiger partial charge >= 0.3 is 5.97 Å². The number of aromatic carboxylic acids is 1. The molecule has 1 amide bonds. The standard InChI is InChI=1S/C12H10FNO3S2/c13-7-2-1-3-8-10(7)6(4-18-5-9(14)15)11(19-8)12(16)17/h1-3H,4-5H2,(H2,14,15)(H,16,17). The minimum Gasteiger partial charge on any atom is -0.477 e. The van der Waals surface area contributed by atoms with Gasteiger partial charge in [0.25, 0.3) is 0 Å². The summed E-state index contributed by atoms with van der Waals surface area (Å²) < 4.78 is 14.4. The highest BCUT2D eigenvalue weighted by molar-refractivity contribution is 7.99. The van der Waals surface area contributed by atoms with Crippen molar-refractivity contribution in [3.63, 3.8) is 0 Å². The van der Waals surface area contributed by atoms with Gasteiger partial charge in [-0.05, 0) is 17.7 Å². The van der Waals surface area contributed by atoms with Gasteiger partial charge in [0.15, 0.2) is 0 Å². The number of hydrogen-bond donors (Lipinski definition) is 2. The number of carboxylic acids is 1. The number of nitrogens with two attached hydrogens (primary N) is 1. The highest BCUT2D eigenvalue weighted by Gasteiger charge is 2.20. The van der Waals surface area contributed by atoms with Crippen LogP contribution >= 0.6 is 23.1 Å². The molecule has 4 nitrogen and oxygen atoms in total. The topological polar surface area (TPSA) is 80.4 Å². The number of amides is 1. The van der Waals surface area contributed by atoms with Crippen LogP contribution in [0.1, 0.15) is 15.2 Å². The van der Waals surface area contributed by atoms with E-state index in [2.05, 4.69) is 0 Å². The number of primary amides is 1. The molecule has 0 saturated carbocycles. The summed E-state index contributed by atoms with van der Waals surface area (Å²) in [4.78, 5) is 22.0. The van der Waals surface area contributed by atoms with Crippen molar-refractivity contribution in [1.82, 2.24) is 0 Å². The zero-order valence-electron chi connectivity index (χ0n) is 9.68. The Balaban J connectivity index is 2.45. The van der Waals surface area contributed by atoms with E-state index in [1.807, 2.05) is 0 Å². The van der Waals surface area contributed by atoms with E-state index in [1.54, 1.807) is 12.1 Å². The number of carbonyl (C=O) groups excluding carboxylic acids is 1. The van der Waals surface area contributed by atoms with Crippen LogP contribution in [0.15, 0.2) is 18.2 Å². The van der Waals surface area contributed by atoms with Crippen LogP contribution in [0, 0.1) is 5.82 Å². The molecular formula is C12H10FNO3S2. The Morgan fingerprint density at radius 2 is 2.16 bits per heavy atom. The van der Waals surface area contributed by atoms with Gasteiger partial charge in [-0.25, -0.2) is 9.18 Å². The number of hydrogen-bond acceptors (Lipinski definition) is 4. The van der Waals surface area contributed by atoms with Gasteiger partial charge in [-0.3, -0.25) is 4.79 Å². The van der Waals surface area contributed by atoms with E-state index in [-0.39, 0.29) is 16.4 Å². The highest BCUT2D eigenvalue weighted by Crippen LogP contribution is 2.35. The molecule has 1 aromatic carbocycles. The fraction of sp³-hybridized carbons (Fsp3) is 0.167. The molecule has 1 heterocycles. The van der Waals surface area contributed by atoms with Gasteiger partial charge in [0.1, 0.15) is 10.7 Å². The third-order valence-electron chi connectivity index (χ3n) is 2.45. The lowest BCUT2D eigenvalue weighted by atomic mass is 10.1. The van der Waals surface area contributed by atoms with Crippen LogP contribution < -0.4 is 5.73 Å². The monoisotopic (exact) mass is 299 g/mol. The van der Waals surface area contributed by atoms with Gasteiger partial charge < -0.3 is 10.8 Å². The molecule has 0 aliphatic rings. The maximum Gasteiger partial charge on any atom is 0.346 e. The predicted molar refractivity (Wildman–Crippen MR) is 74.1 cm³/mol. The van der Waals surface area contributed by atoms with Crippen LogP contribution in [0.4, 0.5) is 4.39 Å². The number of thiophene rings is 1. The zero-order valence-corrected chi connectivity index (χ0v) is 11.3. The van der Waals surface area contributed by atoms with E-state index in [1.165, 1.54) is 17.8 Å². The van der Waals surface area contributed by atoms with E-state index >= 15 is 0 Å². The Morgan fingerprint density at radius 3 is 2.79 bits per heavy atom. The van der Waals surface area contributed by atoms with Gasteiger partial charge in [0, 0.05) is 15.8 Å². The minimum absolute atomic E-state index is 0.0743. The molecule has 0 saturated heterocycles. The maximum atomic E-state index is 13.8. The Kier molecular flexibility index (Phi) is 4.06. The number of fused-ring (bicyclic) bond motifs is 1. The molecule has 100 valence electrons. The fourth-order valence-electron chi connectivity index (χ4n) is 1.73. The smallest absolute Gasteiger partial charge is 0.346 e. The zero-order chi connectivity index (χ0) is 14.0. The van der Waals surface area contributed by atoms with Crippen LogP contribution in [0.25, 0.3) is 10.1 Å². The fourth-order valence-corrected chi connectivity index (χ4v) is 3.69. The first kappa shape index (κ1) is 13.8. The van der Waals surface area contributed by atoms with Crippen molar-refractivity contribution in [2.24, 2.45) is 5.73 Å². The van der Waals surface area contributed by atoms with Crippen molar-refractivity contribution in [1.29, 1.82) is 0 Å². The lowest BCUT2D eigenvalue weighted by molar-refractivity contribution is -0.115. The average molecular weight is 299 g/mol. The first-order valence-corrected chi connectivity index (χ1v) is 7.27. The number of rotatable bonds is 5. The molecule has 1 aromatic heterocycles. The van der Waals surface area contributed by atoms with Crippen LogP contribution in [-0.2, 0) is 10.5 Å². The summed E-state index contributed by atoms with van der Waals surface area (Å²) in [5.74, 6) is -1.70. The van der Waals surface area contributed by atoms with Crippen LogP contribution in [0.3, 0.4) is 0 Å². The van der Waals surface area contributed by atoms with Crippen LogP contribution in [0.5, 0.6) is 0 Å². The Morgan fingerprint density at radius 1 is 1.42 bits per heavy atom. The minimum atomic E-state index is -1.09. The summed E-state index contributed by atoms with van der Waals surface area (Å²) in [6.07, 6.45) is 0. The van der Waals surface area contributed by atoms with E-state index in [0.29, 0.717) is 15.6 Å². The van der Waals surface area contributed by atoms with Crippen LogP contribution in [-0.4, -0.2) is 22.7 Å². The lowest BCUT2D eigenvalue weighted by Gasteiger charge is -2.01. The summed E-state index contributed by atoms with van der Waals surface area (Å²) in [6.45, 7) is 0. The summed E-state index contributed by atoms with van der Waals surface area (Å²) in [7, 11) is 0. The summed E-state index contributed by atoms with van der Waals surface area (Å²) in [5.41, 5.74) is 5.44. The molecule has 7 heteroatoms. The Bertz CT molecular complexity index is 654. The molecule has 0 fully saturated rings. The number of carboxylic acid groups (broad SMARTS) is 1. The van der Waals surface area contributed by atoms with Crippen molar-refractivity contribution in [2.45, 2.75) is 5.75 Å². The highest BCUT2D eigenvalue weighted by atomic mass is 32.2. The first-order chi connectivity index (χ1) is 9.00. The number of halogens is 1. The summed E-state index contributed by atoms with van der Waals surface area (Å²) in [5, 5.41) is 9.47. The summed E-state index contributed by atoms with van der Waals surface area (Å²) >= 11 is 2.21. The van der Waals surface area contributed by atoms with Crippen molar-refractivity contribution >= 4 is 45.1 Å². The van der Waals surface area contributed by atoms with Crippen molar-refractivity contribution in [2.75, 3.05) is 5.75 Å². The number of carbonyl (C=O) groups is 2. The molecular weight excluding hydrogens is 289 g/mol. The van der Waals surface area contributed by atoms with E-state index < -0.39 is 17.7 Å². The number of benzene rings is 1. The van der Waals surface area contributed by atoms with Gasteiger partial charge in [-0.15, -0.1) is 23.1 Å². The van der Waals surface area contributed by atoms with Crippen molar-refractivity contribution < 1.29 is 19.1 Å². The van der Waals surface area contributed by atoms with Crippen molar-refractivity contribution in [3.8, 4) is 0 Å². The van der Waals surface area contributed by atoms with E-state index in [9.17, 15) is 14.0 Å². The molecule has 19 heavy (non-hydrogen) atoms. The molecule has 2 aromatic rings. The van der Waals surface area contributed by atoms with Gasteiger partial charge in [0.05, 0.1) is 5.75 Å². The maximum absolute atomic E-state index is 13.8.